The third kappa shape index (κ3) is 3.30. The van der Waals surface area contributed by atoms with Crippen LogP contribution in [0.3, 0.4) is 0 Å². The molecule has 0 aliphatic carbocycles. The molecule has 1 N–H and O–H groups in total. The molecule has 0 atom stereocenters. The molecule has 0 radical (unpaired) electrons. The lowest BCUT2D eigenvalue weighted by molar-refractivity contribution is 1.26. The van der Waals surface area contributed by atoms with Crippen LogP contribution in [0.25, 0.3) is 0 Å². The molecule has 3 nitrogen and oxygen atoms in total. The zero-order valence-electron chi connectivity index (χ0n) is 9.02. The predicted molar refractivity (Wildman–Crippen MR) is 71.0 cm³/mol. The molecule has 0 amide bonds. The Morgan fingerprint density at radius 3 is 2.59 bits per heavy atom. The number of halogens is 1. The highest BCUT2D eigenvalue weighted by molar-refractivity contribution is 9.10. The van der Waals surface area contributed by atoms with Crippen molar-refractivity contribution in [3.63, 3.8) is 0 Å². The van der Waals surface area contributed by atoms with E-state index in [-0.39, 0.29) is 0 Å². The molecule has 1 heterocycles. The summed E-state index contributed by atoms with van der Waals surface area (Å²) in [6, 6.07) is 11.9. The van der Waals surface area contributed by atoms with Crippen LogP contribution in [0.15, 0.2) is 47.2 Å². The van der Waals surface area contributed by atoms with Crippen molar-refractivity contribution >= 4 is 27.3 Å². The summed E-state index contributed by atoms with van der Waals surface area (Å²) in [5, 5.41) is 11.8. The molecule has 0 spiro atoms. The molecule has 17 heavy (non-hydrogen) atoms. The molecule has 2 rings (SSSR count). The second kappa shape index (κ2) is 5.46. The molecule has 2 aromatic rings. The Bertz CT molecular complexity index is 543. The molecule has 0 fully saturated rings. The highest BCUT2D eigenvalue weighted by Gasteiger charge is 1.97. The third-order valence-corrected chi connectivity index (χ3v) is 2.66. The van der Waals surface area contributed by atoms with Gasteiger partial charge in [-0.05, 0) is 39.7 Å². The van der Waals surface area contributed by atoms with Crippen molar-refractivity contribution in [2.24, 2.45) is 0 Å². The van der Waals surface area contributed by atoms with Crippen LogP contribution in [0.5, 0.6) is 0 Å². The first-order valence-corrected chi connectivity index (χ1v) is 5.91. The lowest BCUT2D eigenvalue weighted by Gasteiger charge is -2.06. The lowest BCUT2D eigenvalue weighted by atomic mass is 10.1. The summed E-state index contributed by atoms with van der Waals surface area (Å²) in [6.45, 7) is 0. The van der Waals surface area contributed by atoms with Crippen LogP contribution in [-0.4, -0.2) is 4.98 Å². The number of nitrogens with zero attached hydrogens (tertiary/aromatic N) is 2. The van der Waals surface area contributed by atoms with Gasteiger partial charge in [0.15, 0.2) is 0 Å². The van der Waals surface area contributed by atoms with E-state index in [1.54, 1.807) is 12.4 Å². The Balaban J connectivity index is 2.11. The number of pyridine rings is 1. The van der Waals surface area contributed by atoms with Gasteiger partial charge in [0, 0.05) is 16.4 Å². The SMILES string of the molecule is N#CCc1ccc(Nc2cncc(Br)c2)cc1. The minimum atomic E-state index is 0.443. The van der Waals surface area contributed by atoms with Crippen molar-refractivity contribution in [3.8, 4) is 6.07 Å². The maximum atomic E-state index is 8.58. The number of rotatable bonds is 3. The average Bonchev–Trinajstić information content (AvgIpc) is 2.32. The molecule has 4 heteroatoms. The number of nitriles is 1. The maximum absolute atomic E-state index is 8.58. The van der Waals surface area contributed by atoms with Gasteiger partial charge in [0.05, 0.1) is 24.4 Å². The summed E-state index contributed by atoms with van der Waals surface area (Å²) in [5.74, 6) is 0. The second-order valence-corrected chi connectivity index (χ2v) is 4.46. The number of hydrogen-bond acceptors (Lipinski definition) is 3. The normalized spacial score (nSPS) is 9.65. The highest BCUT2D eigenvalue weighted by atomic mass is 79.9. The number of hydrogen-bond donors (Lipinski definition) is 1. The van der Waals surface area contributed by atoms with Crippen molar-refractivity contribution in [3.05, 3.63) is 52.8 Å². The van der Waals surface area contributed by atoms with E-state index in [0.29, 0.717) is 6.42 Å². The molecule has 0 aliphatic heterocycles. The molecular formula is C13H10BrN3. The first kappa shape index (κ1) is 11.6. The first-order chi connectivity index (χ1) is 8.28. The largest absolute Gasteiger partial charge is 0.354 e. The van der Waals surface area contributed by atoms with Gasteiger partial charge in [0.25, 0.3) is 0 Å². The monoisotopic (exact) mass is 287 g/mol. The van der Waals surface area contributed by atoms with Crippen LogP contribution in [0, 0.1) is 11.3 Å². The van der Waals surface area contributed by atoms with Crippen LogP contribution in [0.1, 0.15) is 5.56 Å². The fourth-order valence-electron chi connectivity index (χ4n) is 1.44. The summed E-state index contributed by atoms with van der Waals surface area (Å²) in [4.78, 5) is 4.07. The molecule has 1 aromatic heterocycles. The summed E-state index contributed by atoms with van der Waals surface area (Å²) < 4.78 is 0.934. The van der Waals surface area contributed by atoms with Gasteiger partial charge in [0.2, 0.25) is 0 Å². The maximum Gasteiger partial charge on any atom is 0.0669 e. The van der Waals surface area contributed by atoms with E-state index in [9.17, 15) is 0 Å². The molecule has 0 aliphatic rings. The summed E-state index contributed by atoms with van der Waals surface area (Å²) in [5.41, 5.74) is 2.92. The van der Waals surface area contributed by atoms with Crippen molar-refractivity contribution in [2.45, 2.75) is 6.42 Å². The predicted octanol–water partition coefficient (Wildman–Crippen LogP) is 3.65. The second-order valence-electron chi connectivity index (χ2n) is 3.55. The van der Waals surface area contributed by atoms with Crippen LogP contribution in [0.2, 0.25) is 0 Å². The van der Waals surface area contributed by atoms with Gasteiger partial charge >= 0.3 is 0 Å². The van der Waals surface area contributed by atoms with E-state index >= 15 is 0 Å². The Kier molecular flexibility index (Phi) is 3.73. The van der Waals surface area contributed by atoms with E-state index in [2.05, 4.69) is 32.3 Å². The Morgan fingerprint density at radius 1 is 1.18 bits per heavy atom. The number of nitrogens with one attached hydrogen (secondary N) is 1. The molecule has 1 aromatic carbocycles. The first-order valence-electron chi connectivity index (χ1n) is 5.11. The zero-order valence-corrected chi connectivity index (χ0v) is 10.6. The average molecular weight is 288 g/mol. The Hall–Kier alpha value is -1.86. The number of benzene rings is 1. The van der Waals surface area contributed by atoms with E-state index < -0.39 is 0 Å². The smallest absolute Gasteiger partial charge is 0.0669 e. The van der Waals surface area contributed by atoms with Crippen molar-refractivity contribution in [1.29, 1.82) is 5.26 Å². The standard InChI is InChI=1S/C13H10BrN3/c14-11-7-13(9-16-8-11)17-12-3-1-10(2-4-12)5-6-15/h1-4,7-9,17H,5H2. The van der Waals surface area contributed by atoms with Gasteiger partial charge in [-0.2, -0.15) is 5.26 Å². The minimum Gasteiger partial charge on any atom is -0.354 e. The van der Waals surface area contributed by atoms with E-state index in [1.165, 1.54) is 0 Å². The van der Waals surface area contributed by atoms with Crippen molar-refractivity contribution in [1.82, 2.24) is 4.98 Å². The van der Waals surface area contributed by atoms with E-state index in [1.807, 2.05) is 30.3 Å². The quantitative estimate of drug-likeness (QED) is 0.937. The van der Waals surface area contributed by atoms with Crippen molar-refractivity contribution in [2.75, 3.05) is 5.32 Å². The fraction of sp³-hybridized carbons (Fsp3) is 0.0769. The van der Waals surface area contributed by atoms with Crippen LogP contribution in [0.4, 0.5) is 11.4 Å². The summed E-state index contributed by atoms with van der Waals surface area (Å²) in [7, 11) is 0. The molecule has 0 unspecified atom stereocenters. The summed E-state index contributed by atoms with van der Waals surface area (Å²) in [6.07, 6.45) is 3.94. The number of aromatic nitrogens is 1. The number of anilines is 2. The fourth-order valence-corrected chi connectivity index (χ4v) is 1.81. The third-order valence-electron chi connectivity index (χ3n) is 2.23. The van der Waals surface area contributed by atoms with Gasteiger partial charge in [-0.25, -0.2) is 0 Å². The van der Waals surface area contributed by atoms with Crippen LogP contribution < -0.4 is 5.32 Å². The molecule has 0 saturated heterocycles. The lowest BCUT2D eigenvalue weighted by Crippen LogP contribution is -1.91. The molecule has 0 saturated carbocycles. The Labute approximate surface area is 108 Å². The summed E-state index contributed by atoms with van der Waals surface area (Å²) >= 11 is 3.37. The van der Waals surface area contributed by atoms with Crippen molar-refractivity contribution < 1.29 is 0 Å². The van der Waals surface area contributed by atoms with Gasteiger partial charge in [-0.1, -0.05) is 12.1 Å². The topological polar surface area (TPSA) is 48.7 Å². The van der Waals surface area contributed by atoms with E-state index in [4.69, 9.17) is 5.26 Å². The highest BCUT2D eigenvalue weighted by Crippen LogP contribution is 2.19. The zero-order chi connectivity index (χ0) is 12.1. The molecular weight excluding hydrogens is 278 g/mol. The molecule has 84 valence electrons. The van der Waals surface area contributed by atoms with Gasteiger partial charge in [-0.3, -0.25) is 4.98 Å². The minimum absolute atomic E-state index is 0.443. The van der Waals surface area contributed by atoms with Gasteiger partial charge < -0.3 is 5.32 Å². The van der Waals surface area contributed by atoms with Gasteiger partial charge in [0.1, 0.15) is 0 Å². The Morgan fingerprint density at radius 2 is 1.94 bits per heavy atom. The molecule has 0 bridgehead atoms. The van der Waals surface area contributed by atoms with Gasteiger partial charge in [-0.15, -0.1) is 0 Å². The van der Waals surface area contributed by atoms with Crippen LogP contribution >= 0.6 is 15.9 Å². The van der Waals surface area contributed by atoms with E-state index in [0.717, 1.165) is 21.4 Å². The van der Waals surface area contributed by atoms with Crippen LogP contribution in [-0.2, 0) is 6.42 Å².